The Morgan fingerprint density at radius 2 is 1.81 bits per heavy atom. The molecule has 16 heavy (non-hydrogen) atoms. The van der Waals surface area contributed by atoms with Crippen LogP contribution in [0.25, 0.3) is 0 Å². The van der Waals surface area contributed by atoms with Crippen molar-refractivity contribution in [2.24, 2.45) is 23.2 Å². The quantitative estimate of drug-likeness (QED) is 0.754. The van der Waals surface area contributed by atoms with Crippen LogP contribution in [0.4, 0.5) is 0 Å². The van der Waals surface area contributed by atoms with E-state index in [0.29, 0.717) is 11.8 Å². The minimum Gasteiger partial charge on any atom is -0.481 e. The molecule has 0 saturated heterocycles. The Balaban J connectivity index is 1.94. The second-order valence-electron chi connectivity index (χ2n) is 6.61. The van der Waals surface area contributed by atoms with Crippen LogP contribution < -0.4 is 0 Å². The molecule has 4 aliphatic rings. The van der Waals surface area contributed by atoms with E-state index in [9.17, 15) is 15.0 Å². The number of carboxylic acid groups (broad SMARTS) is 1. The molecule has 3 heteroatoms. The number of carboxylic acids is 1. The van der Waals surface area contributed by atoms with Gasteiger partial charge in [-0.25, -0.2) is 0 Å². The van der Waals surface area contributed by atoms with Gasteiger partial charge >= 0.3 is 5.97 Å². The van der Waals surface area contributed by atoms with Crippen LogP contribution in [0.2, 0.25) is 0 Å². The maximum Gasteiger partial charge on any atom is 0.306 e. The first kappa shape index (κ1) is 10.6. The normalized spacial score (nSPS) is 51.6. The number of hydrogen-bond acceptors (Lipinski definition) is 2. The Hall–Kier alpha value is -0.570. The first-order valence-corrected chi connectivity index (χ1v) is 6.38. The van der Waals surface area contributed by atoms with Crippen LogP contribution in [0, 0.1) is 23.2 Å². The van der Waals surface area contributed by atoms with Crippen LogP contribution in [0.3, 0.4) is 0 Å². The van der Waals surface area contributed by atoms with E-state index >= 15 is 0 Å². The summed E-state index contributed by atoms with van der Waals surface area (Å²) in [7, 11) is 0. The van der Waals surface area contributed by atoms with Gasteiger partial charge in [-0.3, -0.25) is 4.79 Å². The fourth-order valence-corrected chi connectivity index (χ4v) is 5.05. The monoisotopic (exact) mass is 224 g/mol. The molecule has 90 valence electrons. The molecule has 3 atom stereocenters. The minimum atomic E-state index is -0.689. The van der Waals surface area contributed by atoms with Crippen molar-refractivity contribution in [3.8, 4) is 0 Å². The third-order valence-electron chi connectivity index (χ3n) is 5.36. The van der Waals surface area contributed by atoms with Gasteiger partial charge in [0.15, 0.2) is 0 Å². The SMILES string of the molecule is C[C@H](C(=O)O)C12CC3CC(CC(O)(C3)C1)C2. The Kier molecular flexibility index (Phi) is 1.99. The lowest BCUT2D eigenvalue weighted by molar-refractivity contribution is -0.188. The molecule has 3 nitrogen and oxygen atoms in total. The number of rotatable bonds is 2. The molecule has 0 spiro atoms. The van der Waals surface area contributed by atoms with E-state index in [1.54, 1.807) is 0 Å². The summed E-state index contributed by atoms with van der Waals surface area (Å²) < 4.78 is 0. The molecular weight excluding hydrogens is 204 g/mol. The van der Waals surface area contributed by atoms with Gasteiger partial charge in [-0.05, 0) is 55.8 Å². The highest BCUT2D eigenvalue weighted by Crippen LogP contribution is 2.64. The van der Waals surface area contributed by atoms with Crippen molar-refractivity contribution >= 4 is 5.97 Å². The second kappa shape index (κ2) is 3.00. The Morgan fingerprint density at radius 3 is 2.25 bits per heavy atom. The topological polar surface area (TPSA) is 57.5 Å². The molecule has 0 aromatic heterocycles. The molecular formula is C13H20O3. The molecule has 4 fully saturated rings. The van der Waals surface area contributed by atoms with E-state index in [2.05, 4.69) is 0 Å². The third kappa shape index (κ3) is 1.33. The number of aliphatic carboxylic acids is 1. The molecule has 0 amide bonds. The van der Waals surface area contributed by atoms with Crippen molar-refractivity contribution in [1.82, 2.24) is 0 Å². The summed E-state index contributed by atoms with van der Waals surface area (Å²) in [6.45, 7) is 1.83. The van der Waals surface area contributed by atoms with Crippen molar-refractivity contribution < 1.29 is 15.0 Å². The molecule has 0 heterocycles. The average Bonchev–Trinajstić information content (AvgIpc) is 2.12. The lowest BCUT2D eigenvalue weighted by Crippen LogP contribution is -2.58. The largest absolute Gasteiger partial charge is 0.481 e. The van der Waals surface area contributed by atoms with E-state index in [0.717, 1.165) is 32.1 Å². The zero-order valence-corrected chi connectivity index (χ0v) is 9.78. The van der Waals surface area contributed by atoms with Gasteiger partial charge in [0, 0.05) is 0 Å². The average molecular weight is 224 g/mol. The molecule has 2 N–H and O–H groups in total. The highest BCUT2D eigenvalue weighted by atomic mass is 16.4. The van der Waals surface area contributed by atoms with E-state index < -0.39 is 11.6 Å². The van der Waals surface area contributed by atoms with Crippen LogP contribution in [0.5, 0.6) is 0 Å². The van der Waals surface area contributed by atoms with Gasteiger partial charge in [0.1, 0.15) is 0 Å². The summed E-state index contributed by atoms with van der Waals surface area (Å²) in [6, 6.07) is 0. The van der Waals surface area contributed by atoms with Crippen molar-refractivity contribution in [3.05, 3.63) is 0 Å². The Bertz CT molecular complexity index is 322. The Labute approximate surface area is 95.9 Å². The minimum absolute atomic E-state index is 0.106. The molecule has 0 aromatic carbocycles. The molecule has 4 rings (SSSR count). The predicted molar refractivity (Wildman–Crippen MR) is 58.9 cm³/mol. The van der Waals surface area contributed by atoms with Crippen molar-refractivity contribution in [2.75, 3.05) is 0 Å². The van der Waals surface area contributed by atoms with Gasteiger partial charge in [0.2, 0.25) is 0 Å². The van der Waals surface area contributed by atoms with Gasteiger partial charge in [-0.1, -0.05) is 6.92 Å². The predicted octanol–water partition coefficient (Wildman–Crippen LogP) is 2.04. The van der Waals surface area contributed by atoms with E-state index in [1.165, 1.54) is 6.42 Å². The van der Waals surface area contributed by atoms with E-state index in [1.807, 2.05) is 6.92 Å². The van der Waals surface area contributed by atoms with Crippen LogP contribution in [0.1, 0.15) is 45.4 Å². The standard InChI is InChI=1S/C13H20O3/c1-8(11(14)15)12-3-9-2-10(4-12)6-13(16,5-9)7-12/h8-10,16H,2-7H2,1H3,(H,14,15)/t8-,9?,10?,12?,13?/m1/s1. The highest BCUT2D eigenvalue weighted by molar-refractivity contribution is 5.70. The van der Waals surface area contributed by atoms with Crippen molar-refractivity contribution in [2.45, 2.75) is 51.0 Å². The van der Waals surface area contributed by atoms with Crippen LogP contribution in [-0.2, 0) is 4.79 Å². The van der Waals surface area contributed by atoms with Crippen LogP contribution in [-0.4, -0.2) is 21.8 Å². The summed E-state index contributed by atoms with van der Waals surface area (Å²) in [5, 5.41) is 19.7. The first-order valence-electron chi connectivity index (χ1n) is 6.38. The first-order chi connectivity index (χ1) is 7.42. The molecule has 0 aliphatic heterocycles. The van der Waals surface area contributed by atoms with Gasteiger partial charge in [0.05, 0.1) is 11.5 Å². The number of aliphatic hydroxyl groups is 1. The molecule has 4 bridgehead atoms. The van der Waals surface area contributed by atoms with E-state index in [-0.39, 0.29) is 11.3 Å². The smallest absolute Gasteiger partial charge is 0.306 e. The molecule has 2 unspecified atom stereocenters. The molecule has 4 aliphatic carbocycles. The summed E-state index contributed by atoms with van der Waals surface area (Å²) in [6.07, 6.45) is 5.82. The maximum atomic E-state index is 11.2. The lowest BCUT2D eigenvalue weighted by atomic mass is 9.45. The lowest BCUT2D eigenvalue weighted by Gasteiger charge is -2.61. The Morgan fingerprint density at radius 1 is 1.25 bits per heavy atom. The fraction of sp³-hybridized carbons (Fsp3) is 0.923. The van der Waals surface area contributed by atoms with E-state index in [4.69, 9.17) is 0 Å². The van der Waals surface area contributed by atoms with Crippen LogP contribution >= 0.6 is 0 Å². The second-order valence-corrected chi connectivity index (χ2v) is 6.61. The summed E-state index contributed by atoms with van der Waals surface area (Å²) in [5.41, 5.74) is -0.640. The van der Waals surface area contributed by atoms with Crippen LogP contribution in [0.15, 0.2) is 0 Å². The van der Waals surface area contributed by atoms with Gasteiger partial charge in [0.25, 0.3) is 0 Å². The fourth-order valence-electron chi connectivity index (χ4n) is 5.05. The van der Waals surface area contributed by atoms with Crippen molar-refractivity contribution in [1.29, 1.82) is 0 Å². The summed E-state index contributed by atoms with van der Waals surface area (Å²) >= 11 is 0. The maximum absolute atomic E-state index is 11.2. The zero-order chi connectivity index (χ0) is 11.6. The molecule has 0 radical (unpaired) electrons. The van der Waals surface area contributed by atoms with Gasteiger partial charge in [-0.15, -0.1) is 0 Å². The summed E-state index contributed by atoms with van der Waals surface area (Å²) in [4.78, 5) is 11.2. The van der Waals surface area contributed by atoms with Gasteiger partial charge in [-0.2, -0.15) is 0 Å². The highest BCUT2D eigenvalue weighted by Gasteiger charge is 2.59. The van der Waals surface area contributed by atoms with Crippen molar-refractivity contribution in [3.63, 3.8) is 0 Å². The number of carbonyl (C=O) groups is 1. The zero-order valence-electron chi connectivity index (χ0n) is 9.78. The van der Waals surface area contributed by atoms with Gasteiger partial charge < -0.3 is 10.2 Å². The summed E-state index contributed by atoms with van der Waals surface area (Å²) in [5.74, 6) is 0.163. The molecule has 0 aromatic rings. The number of hydrogen-bond donors (Lipinski definition) is 2. The molecule has 4 saturated carbocycles. The third-order valence-corrected chi connectivity index (χ3v) is 5.36.